The van der Waals surface area contributed by atoms with Gasteiger partial charge in [-0.25, -0.2) is 4.39 Å². The quantitative estimate of drug-likeness (QED) is 0.813. The first-order chi connectivity index (χ1) is 11.4. The summed E-state index contributed by atoms with van der Waals surface area (Å²) in [5, 5.41) is 2.80. The first-order valence-corrected chi connectivity index (χ1v) is 8.25. The van der Waals surface area contributed by atoms with Crippen LogP contribution in [0.15, 0.2) is 46.9 Å². The summed E-state index contributed by atoms with van der Waals surface area (Å²) in [7, 11) is 5.47. The fraction of sp³-hybridized carbons (Fsp3) is 0.278. The molecule has 0 bridgehead atoms. The summed E-state index contributed by atoms with van der Waals surface area (Å²) in [5.41, 5.74) is 1.03. The Bertz CT molecular complexity index is 722. The molecule has 2 rings (SSSR count). The van der Waals surface area contributed by atoms with E-state index in [1.807, 2.05) is 43.3 Å². The van der Waals surface area contributed by atoms with Crippen molar-refractivity contribution in [2.75, 3.05) is 27.7 Å². The van der Waals surface area contributed by atoms with Crippen molar-refractivity contribution in [3.05, 3.63) is 63.9 Å². The lowest BCUT2D eigenvalue weighted by Gasteiger charge is -2.25. The molecule has 0 aliphatic carbocycles. The Balaban J connectivity index is 2.14. The van der Waals surface area contributed by atoms with E-state index in [2.05, 4.69) is 21.2 Å². The van der Waals surface area contributed by atoms with E-state index in [0.29, 0.717) is 11.0 Å². The average molecular weight is 395 g/mol. The molecule has 1 N–H and O–H groups in total. The molecular weight excluding hydrogens is 375 g/mol. The van der Waals surface area contributed by atoms with Gasteiger partial charge in [-0.1, -0.05) is 28.1 Å². The van der Waals surface area contributed by atoms with Crippen LogP contribution in [-0.2, 0) is 0 Å². The molecule has 1 unspecified atom stereocenters. The van der Waals surface area contributed by atoms with Gasteiger partial charge >= 0.3 is 0 Å². The van der Waals surface area contributed by atoms with Crippen molar-refractivity contribution < 1.29 is 13.9 Å². The van der Waals surface area contributed by atoms with Crippen LogP contribution in [0.1, 0.15) is 22.0 Å². The van der Waals surface area contributed by atoms with E-state index in [4.69, 9.17) is 4.74 Å². The Morgan fingerprint density at radius 2 is 2.04 bits per heavy atom. The second-order valence-electron chi connectivity index (χ2n) is 5.59. The highest BCUT2D eigenvalue weighted by atomic mass is 79.9. The number of amides is 1. The van der Waals surface area contributed by atoms with Gasteiger partial charge in [-0.3, -0.25) is 4.79 Å². The highest BCUT2D eigenvalue weighted by Crippen LogP contribution is 2.22. The molecule has 0 aliphatic rings. The van der Waals surface area contributed by atoms with Gasteiger partial charge in [0.25, 0.3) is 5.91 Å². The number of nitrogens with one attached hydrogen (secondary N) is 1. The van der Waals surface area contributed by atoms with Gasteiger partial charge in [0.05, 0.1) is 18.7 Å². The van der Waals surface area contributed by atoms with Crippen LogP contribution in [0, 0.1) is 5.82 Å². The summed E-state index contributed by atoms with van der Waals surface area (Å²) in [6, 6.07) is 11.9. The van der Waals surface area contributed by atoms with Crippen molar-refractivity contribution in [1.82, 2.24) is 10.2 Å². The molecule has 0 fully saturated rings. The molecular formula is C18H20BrFN2O2. The molecule has 6 heteroatoms. The SMILES string of the molecule is COc1cccc(C(CNC(=O)c2cc(Br)ccc2F)N(C)C)c1. The van der Waals surface area contributed by atoms with Gasteiger partial charge in [0.2, 0.25) is 0 Å². The maximum absolute atomic E-state index is 13.8. The number of halogens is 2. The highest BCUT2D eigenvalue weighted by Gasteiger charge is 2.18. The van der Waals surface area contributed by atoms with Gasteiger partial charge < -0.3 is 15.0 Å². The number of methoxy groups -OCH3 is 1. The second kappa shape index (κ2) is 8.26. The molecule has 0 spiro atoms. The normalized spacial score (nSPS) is 12.1. The Labute approximate surface area is 149 Å². The fourth-order valence-corrected chi connectivity index (χ4v) is 2.76. The van der Waals surface area contributed by atoms with Crippen LogP contribution in [0.25, 0.3) is 0 Å². The standard InChI is InChI=1S/C18H20BrFN2O2/c1-22(2)17(12-5-4-6-14(9-12)24-3)11-21-18(23)15-10-13(19)7-8-16(15)20/h4-10,17H,11H2,1-3H3,(H,21,23). The van der Waals surface area contributed by atoms with Crippen LogP contribution in [-0.4, -0.2) is 38.6 Å². The largest absolute Gasteiger partial charge is 0.497 e. The Hall–Kier alpha value is -1.92. The topological polar surface area (TPSA) is 41.6 Å². The number of hydrogen-bond acceptors (Lipinski definition) is 3. The number of hydrogen-bond donors (Lipinski definition) is 1. The molecule has 24 heavy (non-hydrogen) atoms. The first kappa shape index (κ1) is 18.4. The lowest BCUT2D eigenvalue weighted by atomic mass is 10.1. The molecule has 4 nitrogen and oxygen atoms in total. The first-order valence-electron chi connectivity index (χ1n) is 7.46. The van der Waals surface area contributed by atoms with Crippen LogP contribution < -0.4 is 10.1 Å². The van der Waals surface area contributed by atoms with Gasteiger partial charge in [-0.05, 0) is 50.0 Å². The minimum atomic E-state index is -0.543. The highest BCUT2D eigenvalue weighted by molar-refractivity contribution is 9.10. The van der Waals surface area contributed by atoms with Crippen molar-refractivity contribution in [2.24, 2.45) is 0 Å². The fourth-order valence-electron chi connectivity index (χ4n) is 2.40. The molecule has 0 saturated heterocycles. The summed E-state index contributed by atoms with van der Waals surface area (Å²) in [4.78, 5) is 14.3. The van der Waals surface area contributed by atoms with Crippen LogP contribution >= 0.6 is 15.9 Å². The second-order valence-corrected chi connectivity index (χ2v) is 6.51. The van der Waals surface area contributed by atoms with Crippen molar-refractivity contribution in [3.8, 4) is 5.75 Å². The zero-order chi connectivity index (χ0) is 17.7. The minimum absolute atomic E-state index is 0.0209. The van der Waals surface area contributed by atoms with E-state index in [1.54, 1.807) is 13.2 Å². The Morgan fingerprint density at radius 3 is 2.71 bits per heavy atom. The van der Waals surface area contributed by atoms with E-state index in [9.17, 15) is 9.18 Å². The van der Waals surface area contributed by atoms with Gasteiger partial charge in [0.15, 0.2) is 0 Å². The summed E-state index contributed by atoms with van der Waals surface area (Å²) >= 11 is 3.25. The third-order valence-electron chi connectivity index (χ3n) is 3.73. The van der Waals surface area contributed by atoms with E-state index in [-0.39, 0.29) is 11.6 Å². The molecule has 0 aromatic heterocycles. The zero-order valence-electron chi connectivity index (χ0n) is 13.8. The zero-order valence-corrected chi connectivity index (χ0v) is 15.4. The number of benzene rings is 2. The van der Waals surface area contributed by atoms with Crippen LogP contribution in [0.3, 0.4) is 0 Å². The Morgan fingerprint density at radius 1 is 1.29 bits per heavy atom. The molecule has 1 amide bonds. The molecule has 128 valence electrons. The number of carbonyl (C=O) groups excluding carboxylic acids is 1. The summed E-state index contributed by atoms with van der Waals surface area (Å²) < 4.78 is 19.7. The molecule has 0 saturated carbocycles. The Kier molecular flexibility index (Phi) is 6.34. The van der Waals surface area contributed by atoms with Gasteiger partial charge in [-0.2, -0.15) is 0 Å². The number of nitrogens with zero attached hydrogens (tertiary/aromatic N) is 1. The lowest BCUT2D eigenvalue weighted by molar-refractivity contribution is 0.0938. The number of ether oxygens (including phenoxy) is 1. The van der Waals surface area contributed by atoms with Crippen LogP contribution in [0.5, 0.6) is 5.75 Å². The maximum atomic E-state index is 13.8. The predicted octanol–water partition coefficient (Wildman–Crippen LogP) is 3.63. The number of rotatable bonds is 6. The smallest absolute Gasteiger partial charge is 0.254 e. The molecule has 2 aromatic rings. The van der Waals surface area contributed by atoms with Gasteiger partial charge in [0, 0.05) is 11.0 Å². The van der Waals surface area contributed by atoms with E-state index in [0.717, 1.165) is 11.3 Å². The molecule has 0 heterocycles. The van der Waals surface area contributed by atoms with Crippen LogP contribution in [0.2, 0.25) is 0 Å². The summed E-state index contributed by atoms with van der Waals surface area (Å²) in [6.07, 6.45) is 0. The van der Waals surface area contributed by atoms with Crippen molar-refractivity contribution >= 4 is 21.8 Å². The van der Waals surface area contributed by atoms with E-state index < -0.39 is 11.7 Å². The molecule has 0 aliphatic heterocycles. The van der Waals surface area contributed by atoms with Gasteiger partial charge in [0.1, 0.15) is 11.6 Å². The minimum Gasteiger partial charge on any atom is -0.497 e. The average Bonchev–Trinajstić information content (AvgIpc) is 2.57. The molecule has 2 aromatic carbocycles. The van der Waals surface area contributed by atoms with Gasteiger partial charge in [-0.15, -0.1) is 0 Å². The number of carbonyl (C=O) groups is 1. The maximum Gasteiger partial charge on any atom is 0.254 e. The lowest BCUT2D eigenvalue weighted by Crippen LogP contribution is -2.34. The number of likely N-dealkylation sites (N-methyl/N-ethyl adjacent to an activating group) is 1. The molecule has 0 radical (unpaired) electrons. The van der Waals surface area contributed by atoms with E-state index in [1.165, 1.54) is 12.1 Å². The predicted molar refractivity (Wildman–Crippen MR) is 95.9 cm³/mol. The van der Waals surface area contributed by atoms with Crippen molar-refractivity contribution in [1.29, 1.82) is 0 Å². The monoisotopic (exact) mass is 394 g/mol. The third-order valence-corrected chi connectivity index (χ3v) is 4.22. The summed E-state index contributed by atoms with van der Waals surface area (Å²) in [6.45, 7) is 0.352. The van der Waals surface area contributed by atoms with E-state index >= 15 is 0 Å². The molecule has 1 atom stereocenters. The third kappa shape index (κ3) is 4.55. The summed E-state index contributed by atoms with van der Waals surface area (Å²) in [5.74, 6) is -0.231. The van der Waals surface area contributed by atoms with Crippen molar-refractivity contribution in [3.63, 3.8) is 0 Å². The van der Waals surface area contributed by atoms with Crippen LogP contribution in [0.4, 0.5) is 4.39 Å². The van der Waals surface area contributed by atoms with Crippen molar-refractivity contribution in [2.45, 2.75) is 6.04 Å².